The van der Waals surface area contributed by atoms with Crippen molar-refractivity contribution in [1.29, 1.82) is 0 Å². The molecule has 2 rings (SSSR count). The molecule has 104 valence electrons. The van der Waals surface area contributed by atoms with Crippen molar-refractivity contribution in [3.05, 3.63) is 35.9 Å². The zero-order valence-corrected chi connectivity index (χ0v) is 12.1. The minimum Gasteiger partial charge on any atom is -0.299 e. The monoisotopic (exact) mass is 258 g/mol. The molecule has 1 nitrogen and oxygen atoms in total. The summed E-state index contributed by atoms with van der Waals surface area (Å²) in [7, 11) is 0. The molecule has 1 aliphatic carbocycles. The van der Waals surface area contributed by atoms with Crippen molar-refractivity contribution in [2.24, 2.45) is 11.8 Å². The molecule has 1 aromatic rings. The predicted octanol–water partition coefficient (Wildman–Crippen LogP) is 4.79. The summed E-state index contributed by atoms with van der Waals surface area (Å²) in [5, 5.41) is 0. The van der Waals surface area contributed by atoms with E-state index < -0.39 is 0 Å². The second kappa shape index (κ2) is 7.47. The summed E-state index contributed by atoms with van der Waals surface area (Å²) < 4.78 is 0. The van der Waals surface area contributed by atoms with Gasteiger partial charge in [-0.15, -0.1) is 0 Å². The number of Topliss-reactive ketones (excluding diaryl/α,β-unsaturated/α-hetero) is 1. The van der Waals surface area contributed by atoms with Gasteiger partial charge in [-0.1, -0.05) is 56.5 Å². The van der Waals surface area contributed by atoms with Crippen molar-refractivity contribution >= 4 is 5.78 Å². The second-order valence-corrected chi connectivity index (χ2v) is 5.94. The van der Waals surface area contributed by atoms with E-state index in [1.165, 1.54) is 24.8 Å². The summed E-state index contributed by atoms with van der Waals surface area (Å²) in [5.74, 6) is 1.69. The predicted molar refractivity (Wildman–Crippen MR) is 80.1 cm³/mol. The molecule has 1 aromatic carbocycles. The van der Waals surface area contributed by atoms with Crippen LogP contribution in [0, 0.1) is 11.8 Å². The van der Waals surface area contributed by atoms with Crippen LogP contribution in [0.2, 0.25) is 0 Å². The van der Waals surface area contributed by atoms with Crippen LogP contribution in [0.1, 0.15) is 57.4 Å². The summed E-state index contributed by atoms with van der Waals surface area (Å²) in [6, 6.07) is 10.5. The third kappa shape index (κ3) is 4.49. The lowest BCUT2D eigenvalue weighted by Crippen LogP contribution is -2.22. The number of ketones is 1. The fourth-order valence-electron chi connectivity index (χ4n) is 3.27. The topological polar surface area (TPSA) is 17.1 Å². The van der Waals surface area contributed by atoms with Gasteiger partial charge in [-0.25, -0.2) is 0 Å². The van der Waals surface area contributed by atoms with E-state index in [9.17, 15) is 4.79 Å². The average molecular weight is 258 g/mol. The van der Waals surface area contributed by atoms with Gasteiger partial charge in [0, 0.05) is 12.3 Å². The highest BCUT2D eigenvalue weighted by atomic mass is 16.1. The van der Waals surface area contributed by atoms with Crippen molar-refractivity contribution in [2.75, 3.05) is 0 Å². The van der Waals surface area contributed by atoms with Crippen LogP contribution in [-0.4, -0.2) is 5.78 Å². The molecule has 0 bridgehead atoms. The molecule has 0 aliphatic heterocycles. The minimum absolute atomic E-state index is 0.370. The van der Waals surface area contributed by atoms with E-state index in [-0.39, 0.29) is 0 Å². The maximum atomic E-state index is 12.2. The second-order valence-electron chi connectivity index (χ2n) is 5.94. The van der Waals surface area contributed by atoms with Crippen LogP contribution in [-0.2, 0) is 11.2 Å². The van der Waals surface area contributed by atoms with Crippen LogP contribution in [0.15, 0.2) is 30.3 Å². The molecule has 1 fully saturated rings. The first-order valence-corrected chi connectivity index (χ1v) is 7.86. The maximum Gasteiger partial charge on any atom is 0.135 e. The molecule has 0 saturated heterocycles. The summed E-state index contributed by atoms with van der Waals surface area (Å²) >= 11 is 0. The van der Waals surface area contributed by atoms with E-state index in [2.05, 4.69) is 31.2 Å². The Balaban J connectivity index is 1.72. The van der Waals surface area contributed by atoms with Gasteiger partial charge in [-0.3, -0.25) is 4.79 Å². The zero-order valence-electron chi connectivity index (χ0n) is 12.1. The lowest BCUT2D eigenvalue weighted by atomic mass is 9.77. The molecule has 2 unspecified atom stereocenters. The van der Waals surface area contributed by atoms with Crippen LogP contribution >= 0.6 is 0 Å². The summed E-state index contributed by atoms with van der Waals surface area (Å²) in [6.45, 7) is 2.26. The average Bonchev–Trinajstić information content (AvgIpc) is 2.48. The molecule has 19 heavy (non-hydrogen) atoms. The van der Waals surface area contributed by atoms with Gasteiger partial charge in [0.1, 0.15) is 5.78 Å². The molecular formula is C18H26O. The third-order valence-corrected chi connectivity index (χ3v) is 4.55. The first kappa shape index (κ1) is 14.3. The van der Waals surface area contributed by atoms with Gasteiger partial charge in [-0.2, -0.15) is 0 Å². The zero-order chi connectivity index (χ0) is 13.5. The Morgan fingerprint density at radius 2 is 2.00 bits per heavy atom. The molecule has 0 amide bonds. The van der Waals surface area contributed by atoms with E-state index in [0.717, 1.165) is 38.0 Å². The lowest BCUT2D eigenvalue weighted by molar-refractivity contribution is -0.124. The number of aryl methyl sites for hydroxylation is 1. The highest BCUT2D eigenvalue weighted by Gasteiger charge is 2.25. The normalized spacial score (nSPS) is 23.2. The Bertz CT molecular complexity index is 382. The van der Waals surface area contributed by atoms with E-state index in [0.29, 0.717) is 11.7 Å². The van der Waals surface area contributed by atoms with E-state index in [1.807, 2.05) is 6.07 Å². The number of benzene rings is 1. The molecule has 2 atom stereocenters. The molecule has 1 saturated carbocycles. The van der Waals surface area contributed by atoms with Gasteiger partial charge in [0.15, 0.2) is 0 Å². The molecule has 1 heteroatoms. The third-order valence-electron chi connectivity index (χ3n) is 4.55. The lowest BCUT2D eigenvalue weighted by Gasteiger charge is -2.27. The Kier molecular flexibility index (Phi) is 5.62. The number of carbonyl (C=O) groups excluding carboxylic acids is 1. The first-order chi connectivity index (χ1) is 9.29. The van der Waals surface area contributed by atoms with Crippen LogP contribution in [0.5, 0.6) is 0 Å². The van der Waals surface area contributed by atoms with Crippen LogP contribution in [0.25, 0.3) is 0 Å². The van der Waals surface area contributed by atoms with Crippen molar-refractivity contribution in [3.63, 3.8) is 0 Å². The summed E-state index contributed by atoms with van der Waals surface area (Å²) in [5.41, 5.74) is 1.35. The molecule has 0 aromatic heterocycles. The number of carbonyl (C=O) groups is 1. The van der Waals surface area contributed by atoms with Crippen LogP contribution < -0.4 is 0 Å². The molecular weight excluding hydrogens is 232 g/mol. The van der Waals surface area contributed by atoms with Gasteiger partial charge in [0.25, 0.3) is 0 Å². The smallest absolute Gasteiger partial charge is 0.135 e. The Morgan fingerprint density at radius 3 is 2.74 bits per heavy atom. The van der Waals surface area contributed by atoms with Crippen LogP contribution in [0.3, 0.4) is 0 Å². The van der Waals surface area contributed by atoms with Crippen molar-refractivity contribution in [3.8, 4) is 0 Å². The quantitative estimate of drug-likeness (QED) is 0.716. The number of hydrogen-bond donors (Lipinski definition) is 0. The highest BCUT2D eigenvalue weighted by Crippen LogP contribution is 2.32. The maximum absolute atomic E-state index is 12.2. The fourth-order valence-corrected chi connectivity index (χ4v) is 3.27. The van der Waals surface area contributed by atoms with Gasteiger partial charge in [0.2, 0.25) is 0 Å². The molecule has 0 N–H and O–H groups in total. The summed E-state index contributed by atoms with van der Waals surface area (Å²) in [6.07, 6.45) is 8.95. The molecule has 0 spiro atoms. The van der Waals surface area contributed by atoms with Gasteiger partial charge < -0.3 is 0 Å². The van der Waals surface area contributed by atoms with Crippen molar-refractivity contribution in [1.82, 2.24) is 0 Å². The largest absolute Gasteiger partial charge is 0.299 e. The standard InChI is InChI=1S/C18H26O/c1-2-15-10-6-12-17(14-15)18(19)13-7-11-16-8-4-3-5-9-16/h3-5,8-9,15,17H,2,6-7,10-14H2,1H3. The van der Waals surface area contributed by atoms with Crippen LogP contribution in [0.4, 0.5) is 0 Å². The SMILES string of the molecule is CCC1CCCC(C(=O)CCCc2ccccc2)C1. The van der Waals surface area contributed by atoms with Crippen molar-refractivity contribution < 1.29 is 4.79 Å². The Hall–Kier alpha value is -1.11. The fraction of sp³-hybridized carbons (Fsp3) is 0.611. The van der Waals surface area contributed by atoms with E-state index in [4.69, 9.17) is 0 Å². The number of rotatable bonds is 6. The van der Waals surface area contributed by atoms with Gasteiger partial charge in [-0.05, 0) is 37.2 Å². The highest BCUT2D eigenvalue weighted by molar-refractivity contribution is 5.81. The minimum atomic E-state index is 0.370. The van der Waals surface area contributed by atoms with E-state index in [1.54, 1.807) is 0 Å². The molecule has 0 heterocycles. The Morgan fingerprint density at radius 1 is 1.21 bits per heavy atom. The first-order valence-electron chi connectivity index (χ1n) is 7.86. The van der Waals surface area contributed by atoms with Gasteiger partial charge >= 0.3 is 0 Å². The molecule has 0 radical (unpaired) electrons. The van der Waals surface area contributed by atoms with Crippen molar-refractivity contribution in [2.45, 2.75) is 58.3 Å². The number of hydrogen-bond acceptors (Lipinski definition) is 1. The summed E-state index contributed by atoms with van der Waals surface area (Å²) in [4.78, 5) is 12.2. The van der Waals surface area contributed by atoms with Gasteiger partial charge in [0.05, 0.1) is 0 Å². The molecule has 1 aliphatic rings. The Labute approximate surface area is 117 Å². The van der Waals surface area contributed by atoms with E-state index >= 15 is 0 Å².